The third-order valence-electron chi connectivity index (χ3n) is 5.08. The highest BCUT2D eigenvalue weighted by Gasteiger charge is 2.10. The molecule has 3 rings (SSSR count). The molecule has 0 aromatic heterocycles. The van der Waals surface area contributed by atoms with E-state index in [1.807, 2.05) is 26.2 Å². The van der Waals surface area contributed by atoms with Gasteiger partial charge in [0, 0.05) is 31.2 Å². The van der Waals surface area contributed by atoms with Crippen LogP contribution in [0.5, 0.6) is 0 Å². The van der Waals surface area contributed by atoms with E-state index in [9.17, 15) is 4.39 Å². The van der Waals surface area contributed by atoms with Crippen LogP contribution in [0.3, 0.4) is 0 Å². The Bertz CT molecular complexity index is 959. The van der Waals surface area contributed by atoms with E-state index < -0.39 is 0 Å². The molecule has 0 amide bonds. The number of hydrogen-bond acceptors (Lipinski definition) is 2. The van der Waals surface area contributed by atoms with E-state index in [0.29, 0.717) is 5.92 Å². The Labute approximate surface area is 174 Å². The average Bonchev–Trinajstić information content (AvgIpc) is 2.66. The first kappa shape index (κ1) is 20.9. The normalized spacial score (nSPS) is 11.0. The molecule has 2 nitrogen and oxygen atoms in total. The van der Waals surface area contributed by atoms with Crippen molar-refractivity contribution in [3.63, 3.8) is 0 Å². The van der Waals surface area contributed by atoms with Gasteiger partial charge in [-0.25, -0.2) is 4.39 Å². The largest absolute Gasteiger partial charge is 0.378 e. The molecule has 1 N–H and O–H groups in total. The van der Waals surface area contributed by atoms with Crippen LogP contribution in [0, 0.1) is 18.7 Å². The molecule has 0 bridgehead atoms. The molecular formula is C26H31FN2. The van der Waals surface area contributed by atoms with Crippen LogP contribution in [0.15, 0.2) is 60.7 Å². The van der Waals surface area contributed by atoms with Crippen LogP contribution >= 0.6 is 0 Å². The van der Waals surface area contributed by atoms with Crippen LogP contribution < -0.4 is 10.2 Å². The zero-order valence-corrected chi connectivity index (χ0v) is 18.1. The van der Waals surface area contributed by atoms with Gasteiger partial charge >= 0.3 is 0 Å². The van der Waals surface area contributed by atoms with Crippen molar-refractivity contribution in [2.24, 2.45) is 5.92 Å². The fourth-order valence-corrected chi connectivity index (χ4v) is 3.44. The molecule has 29 heavy (non-hydrogen) atoms. The highest BCUT2D eigenvalue weighted by atomic mass is 19.1. The van der Waals surface area contributed by atoms with Crippen molar-refractivity contribution >= 4 is 17.1 Å². The number of nitrogens with one attached hydrogen (secondary N) is 1. The molecular weight excluding hydrogens is 359 g/mol. The summed E-state index contributed by atoms with van der Waals surface area (Å²) in [4.78, 5) is 2.10. The Hall–Kier alpha value is -2.81. The third-order valence-corrected chi connectivity index (χ3v) is 5.08. The summed E-state index contributed by atoms with van der Waals surface area (Å²) < 4.78 is 14.5. The Morgan fingerprint density at radius 1 is 0.897 bits per heavy atom. The van der Waals surface area contributed by atoms with Gasteiger partial charge in [0.25, 0.3) is 0 Å². The van der Waals surface area contributed by atoms with Crippen molar-refractivity contribution < 1.29 is 4.39 Å². The van der Waals surface area contributed by atoms with Crippen LogP contribution in [0.1, 0.15) is 36.1 Å². The van der Waals surface area contributed by atoms with E-state index in [4.69, 9.17) is 0 Å². The molecule has 0 saturated carbocycles. The molecule has 3 aromatic carbocycles. The maximum absolute atomic E-state index is 14.5. The van der Waals surface area contributed by atoms with Gasteiger partial charge in [0.05, 0.1) is 0 Å². The van der Waals surface area contributed by atoms with Crippen molar-refractivity contribution in [1.29, 1.82) is 0 Å². The average molecular weight is 391 g/mol. The number of halogens is 1. The molecule has 0 spiro atoms. The SMILES string of the molecule is Cc1ccc(Cc2cc(N(C)C)ccc2Nc2ccc(CC(C)C)c(F)c2)cc1. The zero-order chi connectivity index (χ0) is 21.0. The fourth-order valence-electron chi connectivity index (χ4n) is 3.44. The van der Waals surface area contributed by atoms with Crippen LogP contribution in [0.2, 0.25) is 0 Å². The van der Waals surface area contributed by atoms with E-state index in [0.717, 1.165) is 35.5 Å². The first-order chi connectivity index (χ1) is 13.8. The summed E-state index contributed by atoms with van der Waals surface area (Å²) in [6, 6.07) is 20.5. The maximum atomic E-state index is 14.5. The first-order valence-corrected chi connectivity index (χ1v) is 10.2. The maximum Gasteiger partial charge on any atom is 0.128 e. The molecule has 0 radical (unpaired) electrons. The van der Waals surface area contributed by atoms with Gasteiger partial charge in [0.2, 0.25) is 0 Å². The molecule has 0 saturated heterocycles. The van der Waals surface area contributed by atoms with Crippen molar-refractivity contribution in [1.82, 2.24) is 0 Å². The zero-order valence-electron chi connectivity index (χ0n) is 18.1. The van der Waals surface area contributed by atoms with Crippen LogP contribution in [0.4, 0.5) is 21.5 Å². The summed E-state index contributed by atoms with van der Waals surface area (Å²) in [6.07, 6.45) is 1.57. The third kappa shape index (κ3) is 5.60. The molecule has 0 aliphatic rings. The van der Waals surface area contributed by atoms with Gasteiger partial charge < -0.3 is 10.2 Å². The Morgan fingerprint density at radius 2 is 1.62 bits per heavy atom. The number of nitrogens with zero attached hydrogens (tertiary/aromatic N) is 1. The monoisotopic (exact) mass is 390 g/mol. The number of rotatable bonds is 7. The highest BCUT2D eigenvalue weighted by Crippen LogP contribution is 2.29. The summed E-state index contributed by atoms with van der Waals surface area (Å²) in [7, 11) is 4.09. The quantitative estimate of drug-likeness (QED) is 0.481. The summed E-state index contributed by atoms with van der Waals surface area (Å²) in [5, 5.41) is 3.43. The molecule has 152 valence electrons. The second kappa shape index (κ2) is 9.13. The lowest BCUT2D eigenvalue weighted by Gasteiger charge is -2.18. The molecule has 0 heterocycles. The second-order valence-electron chi connectivity index (χ2n) is 8.43. The van der Waals surface area contributed by atoms with Gasteiger partial charge in [-0.2, -0.15) is 0 Å². The molecule has 0 aliphatic heterocycles. The second-order valence-corrected chi connectivity index (χ2v) is 8.43. The molecule has 3 heteroatoms. The van der Waals surface area contributed by atoms with Crippen LogP contribution in [0.25, 0.3) is 0 Å². The molecule has 3 aromatic rings. The van der Waals surface area contributed by atoms with E-state index in [2.05, 4.69) is 73.5 Å². The van der Waals surface area contributed by atoms with Gasteiger partial charge in [0.15, 0.2) is 0 Å². The molecule has 0 aliphatic carbocycles. The van der Waals surface area contributed by atoms with Gasteiger partial charge in [-0.3, -0.25) is 0 Å². The van der Waals surface area contributed by atoms with Crippen LogP contribution in [-0.4, -0.2) is 14.1 Å². The lowest BCUT2D eigenvalue weighted by molar-refractivity contribution is 0.574. The Kier molecular flexibility index (Phi) is 6.58. The topological polar surface area (TPSA) is 15.3 Å². The van der Waals surface area contributed by atoms with Crippen molar-refractivity contribution in [3.05, 3.63) is 88.7 Å². The van der Waals surface area contributed by atoms with Gasteiger partial charge in [-0.15, -0.1) is 0 Å². The minimum absolute atomic E-state index is 0.145. The van der Waals surface area contributed by atoms with Crippen molar-refractivity contribution in [2.45, 2.75) is 33.6 Å². The minimum atomic E-state index is -0.145. The van der Waals surface area contributed by atoms with E-state index in [-0.39, 0.29) is 5.82 Å². The Morgan fingerprint density at radius 3 is 2.24 bits per heavy atom. The first-order valence-electron chi connectivity index (χ1n) is 10.2. The van der Waals surface area contributed by atoms with Crippen LogP contribution in [-0.2, 0) is 12.8 Å². The van der Waals surface area contributed by atoms with E-state index in [1.165, 1.54) is 16.7 Å². The lowest BCUT2D eigenvalue weighted by atomic mass is 10.0. The van der Waals surface area contributed by atoms with Gasteiger partial charge in [-0.05, 0) is 72.7 Å². The number of benzene rings is 3. The van der Waals surface area contributed by atoms with E-state index >= 15 is 0 Å². The molecule has 0 fully saturated rings. The standard InChI is InChI=1S/C26H31FN2/c1-18(2)14-21-10-11-23(17-25(21)27)28-26-13-12-24(29(4)5)16-22(26)15-20-8-6-19(3)7-9-20/h6-13,16-18,28H,14-15H2,1-5H3. The smallest absolute Gasteiger partial charge is 0.128 e. The van der Waals surface area contributed by atoms with Crippen molar-refractivity contribution in [3.8, 4) is 0 Å². The Balaban J connectivity index is 1.89. The summed E-state index contributed by atoms with van der Waals surface area (Å²) in [6.45, 7) is 6.31. The highest BCUT2D eigenvalue weighted by molar-refractivity contribution is 5.68. The summed E-state index contributed by atoms with van der Waals surface area (Å²) in [5.74, 6) is 0.289. The predicted octanol–water partition coefficient (Wildman–Crippen LogP) is 6.73. The lowest BCUT2D eigenvalue weighted by Crippen LogP contribution is -2.09. The number of hydrogen-bond donors (Lipinski definition) is 1. The number of aryl methyl sites for hydroxylation is 1. The van der Waals surface area contributed by atoms with Gasteiger partial charge in [-0.1, -0.05) is 49.7 Å². The summed E-state index contributed by atoms with van der Waals surface area (Å²) in [5.41, 5.74) is 7.40. The molecule has 0 atom stereocenters. The predicted molar refractivity (Wildman–Crippen MR) is 123 cm³/mol. The fraction of sp³-hybridized carbons (Fsp3) is 0.308. The number of anilines is 3. The van der Waals surface area contributed by atoms with E-state index in [1.54, 1.807) is 6.07 Å². The minimum Gasteiger partial charge on any atom is -0.378 e. The van der Waals surface area contributed by atoms with Crippen molar-refractivity contribution in [2.75, 3.05) is 24.3 Å². The van der Waals surface area contributed by atoms with Gasteiger partial charge in [0.1, 0.15) is 5.82 Å². The molecule has 0 unspecified atom stereocenters. The summed E-state index contributed by atoms with van der Waals surface area (Å²) >= 11 is 0.